The lowest BCUT2D eigenvalue weighted by Gasteiger charge is -2.14. The van der Waals surface area contributed by atoms with Crippen LogP contribution >= 0.6 is 15.9 Å². The number of halogens is 4. The first-order chi connectivity index (χ1) is 9.79. The van der Waals surface area contributed by atoms with Crippen LogP contribution in [0.25, 0.3) is 0 Å². The average Bonchev–Trinajstić information content (AvgIpc) is 2.37. The fraction of sp³-hybridized carbons (Fsp3) is 0.500. The van der Waals surface area contributed by atoms with Crippen LogP contribution in [0.3, 0.4) is 0 Å². The topological polar surface area (TPSA) is 46.5 Å². The molecule has 1 rings (SSSR count). The van der Waals surface area contributed by atoms with Gasteiger partial charge < -0.3 is 9.84 Å². The van der Waals surface area contributed by atoms with E-state index in [1.54, 1.807) is 0 Å². The molecule has 0 spiro atoms. The summed E-state index contributed by atoms with van der Waals surface area (Å²) in [5.74, 6) is -1.60. The van der Waals surface area contributed by atoms with Crippen LogP contribution in [-0.4, -0.2) is 30.5 Å². The lowest BCUT2D eigenvalue weighted by atomic mass is 9.95. The zero-order valence-electron chi connectivity index (χ0n) is 11.2. The summed E-state index contributed by atoms with van der Waals surface area (Å²) >= 11 is 3.35. The van der Waals surface area contributed by atoms with Crippen LogP contribution < -0.4 is 0 Å². The monoisotopic (exact) mass is 368 g/mol. The normalized spacial score (nSPS) is 13.1. The number of carbonyl (C=O) groups is 1. The summed E-state index contributed by atoms with van der Waals surface area (Å²) in [5.41, 5.74) is 0.862. The number of aliphatic carboxylic acids is 1. The Morgan fingerprint density at radius 3 is 2.57 bits per heavy atom. The number of alkyl halides is 3. The maximum absolute atomic E-state index is 11.9. The van der Waals surface area contributed by atoms with E-state index in [0.29, 0.717) is 6.42 Å². The lowest BCUT2D eigenvalue weighted by Crippen LogP contribution is -2.19. The zero-order chi connectivity index (χ0) is 15.9. The van der Waals surface area contributed by atoms with Gasteiger partial charge in [0.1, 0.15) is 6.61 Å². The van der Waals surface area contributed by atoms with E-state index in [1.165, 1.54) is 0 Å². The van der Waals surface area contributed by atoms with Crippen molar-refractivity contribution in [2.75, 3.05) is 13.2 Å². The molecule has 118 valence electrons. The molecular formula is C14H16BrF3O3. The van der Waals surface area contributed by atoms with E-state index < -0.39 is 24.7 Å². The third-order valence-electron chi connectivity index (χ3n) is 2.88. The SMILES string of the molecule is O=C(O)C(CCCOCC(F)(F)F)Cc1ccccc1Br. The average molecular weight is 369 g/mol. The molecule has 0 fully saturated rings. The van der Waals surface area contributed by atoms with E-state index in [0.717, 1.165) is 10.0 Å². The minimum absolute atomic E-state index is 0.0980. The Bertz CT molecular complexity index is 463. The molecule has 1 unspecified atom stereocenters. The predicted molar refractivity (Wildman–Crippen MR) is 75.1 cm³/mol. The highest BCUT2D eigenvalue weighted by Gasteiger charge is 2.27. The Morgan fingerprint density at radius 2 is 2.00 bits per heavy atom. The van der Waals surface area contributed by atoms with Crippen molar-refractivity contribution in [1.29, 1.82) is 0 Å². The minimum atomic E-state index is -4.35. The van der Waals surface area contributed by atoms with Gasteiger partial charge in [0, 0.05) is 11.1 Å². The van der Waals surface area contributed by atoms with Crippen molar-refractivity contribution in [2.24, 2.45) is 5.92 Å². The Labute approximate surface area is 129 Å². The summed E-state index contributed by atoms with van der Waals surface area (Å²) in [6.07, 6.45) is -3.47. The molecule has 3 nitrogen and oxygen atoms in total. The lowest BCUT2D eigenvalue weighted by molar-refractivity contribution is -0.174. The first-order valence-electron chi connectivity index (χ1n) is 6.40. The van der Waals surface area contributed by atoms with Crippen LogP contribution in [0, 0.1) is 5.92 Å². The summed E-state index contributed by atoms with van der Waals surface area (Å²) < 4.78 is 40.9. The first-order valence-corrected chi connectivity index (χ1v) is 7.19. The molecule has 0 saturated heterocycles. The molecule has 21 heavy (non-hydrogen) atoms. The molecule has 0 aliphatic rings. The molecule has 0 aliphatic carbocycles. The van der Waals surface area contributed by atoms with Gasteiger partial charge in [-0.25, -0.2) is 0 Å². The van der Waals surface area contributed by atoms with Crippen molar-refractivity contribution in [3.63, 3.8) is 0 Å². The second-order valence-corrected chi connectivity index (χ2v) is 5.50. The fourth-order valence-corrected chi connectivity index (χ4v) is 2.31. The van der Waals surface area contributed by atoms with Gasteiger partial charge in [-0.05, 0) is 30.9 Å². The molecule has 0 heterocycles. The molecule has 0 aromatic heterocycles. The number of hydrogen-bond acceptors (Lipinski definition) is 2. The summed E-state index contributed by atoms with van der Waals surface area (Å²) in [6.45, 7) is -1.39. The van der Waals surface area contributed by atoms with Gasteiger partial charge in [-0.15, -0.1) is 0 Å². The van der Waals surface area contributed by atoms with Crippen molar-refractivity contribution in [2.45, 2.75) is 25.4 Å². The van der Waals surface area contributed by atoms with Gasteiger partial charge in [0.05, 0.1) is 5.92 Å². The van der Waals surface area contributed by atoms with E-state index in [9.17, 15) is 23.1 Å². The highest BCUT2D eigenvalue weighted by molar-refractivity contribution is 9.10. The molecular weight excluding hydrogens is 353 g/mol. The molecule has 0 aliphatic heterocycles. The highest BCUT2D eigenvalue weighted by atomic mass is 79.9. The van der Waals surface area contributed by atoms with Crippen LogP contribution in [0.15, 0.2) is 28.7 Å². The zero-order valence-corrected chi connectivity index (χ0v) is 12.8. The van der Waals surface area contributed by atoms with Gasteiger partial charge in [0.25, 0.3) is 0 Å². The molecule has 1 N–H and O–H groups in total. The van der Waals surface area contributed by atoms with Gasteiger partial charge in [-0.2, -0.15) is 13.2 Å². The Kier molecular flexibility index (Phi) is 7.17. The van der Waals surface area contributed by atoms with Crippen LogP contribution in [0.4, 0.5) is 13.2 Å². The van der Waals surface area contributed by atoms with Crippen molar-refractivity contribution >= 4 is 21.9 Å². The molecule has 7 heteroatoms. The number of ether oxygens (including phenoxy) is 1. The van der Waals surface area contributed by atoms with E-state index in [4.69, 9.17) is 0 Å². The standard InChI is InChI=1S/C14H16BrF3O3/c15-12-6-2-1-4-10(12)8-11(13(19)20)5-3-7-21-9-14(16,17)18/h1-2,4,6,11H,3,5,7-9H2,(H,19,20). The molecule has 0 radical (unpaired) electrons. The van der Waals surface area contributed by atoms with Crippen LogP contribution in [-0.2, 0) is 16.0 Å². The van der Waals surface area contributed by atoms with E-state index in [2.05, 4.69) is 20.7 Å². The van der Waals surface area contributed by atoms with E-state index >= 15 is 0 Å². The minimum Gasteiger partial charge on any atom is -0.481 e. The summed E-state index contributed by atoms with van der Waals surface area (Å²) in [6, 6.07) is 7.28. The smallest absolute Gasteiger partial charge is 0.411 e. The third-order valence-corrected chi connectivity index (χ3v) is 3.65. The third kappa shape index (κ3) is 7.47. The Balaban J connectivity index is 2.41. The van der Waals surface area contributed by atoms with Crippen LogP contribution in [0.2, 0.25) is 0 Å². The maximum atomic E-state index is 11.9. The number of rotatable bonds is 8. The molecule has 1 aromatic carbocycles. The van der Waals surface area contributed by atoms with E-state index in [-0.39, 0.29) is 19.4 Å². The number of benzene rings is 1. The second-order valence-electron chi connectivity index (χ2n) is 4.64. The Hall–Kier alpha value is -1.08. The summed E-state index contributed by atoms with van der Waals surface area (Å²) in [5, 5.41) is 9.18. The number of hydrogen-bond donors (Lipinski definition) is 1. The molecule has 0 saturated carbocycles. The van der Waals surface area contributed by atoms with E-state index in [1.807, 2.05) is 24.3 Å². The molecule has 1 atom stereocenters. The maximum Gasteiger partial charge on any atom is 0.411 e. The molecule has 0 bridgehead atoms. The van der Waals surface area contributed by atoms with Crippen LogP contribution in [0.5, 0.6) is 0 Å². The predicted octanol–water partition coefficient (Wildman–Crippen LogP) is 4.05. The van der Waals surface area contributed by atoms with Gasteiger partial charge >= 0.3 is 12.1 Å². The van der Waals surface area contributed by atoms with Gasteiger partial charge in [0.15, 0.2) is 0 Å². The summed E-state index contributed by atoms with van der Waals surface area (Å²) in [4.78, 5) is 11.2. The molecule has 1 aromatic rings. The highest BCUT2D eigenvalue weighted by Crippen LogP contribution is 2.22. The summed E-state index contributed by atoms with van der Waals surface area (Å²) in [7, 11) is 0. The second kappa shape index (κ2) is 8.38. The fourth-order valence-electron chi connectivity index (χ4n) is 1.86. The first kappa shape index (κ1) is 18.0. The van der Waals surface area contributed by atoms with Gasteiger partial charge in [-0.1, -0.05) is 34.1 Å². The van der Waals surface area contributed by atoms with Crippen LogP contribution in [0.1, 0.15) is 18.4 Å². The van der Waals surface area contributed by atoms with Crippen molar-refractivity contribution in [3.8, 4) is 0 Å². The van der Waals surface area contributed by atoms with Gasteiger partial charge in [-0.3, -0.25) is 4.79 Å². The Morgan fingerprint density at radius 1 is 1.33 bits per heavy atom. The quantitative estimate of drug-likeness (QED) is 0.704. The largest absolute Gasteiger partial charge is 0.481 e. The van der Waals surface area contributed by atoms with Gasteiger partial charge in [0.2, 0.25) is 0 Å². The number of carboxylic acids is 1. The molecule has 0 amide bonds. The number of carboxylic acid groups (broad SMARTS) is 1. The van der Waals surface area contributed by atoms with Crippen molar-refractivity contribution in [3.05, 3.63) is 34.3 Å². The van der Waals surface area contributed by atoms with Crippen molar-refractivity contribution in [1.82, 2.24) is 0 Å². The van der Waals surface area contributed by atoms with Crippen molar-refractivity contribution < 1.29 is 27.8 Å².